The number of phenolic OH excluding ortho intramolecular Hbond substituents is 4. The van der Waals surface area contributed by atoms with E-state index in [0.29, 0.717) is 11.1 Å². The van der Waals surface area contributed by atoms with E-state index in [1.165, 1.54) is 24.3 Å². The average Bonchev–Trinajstić information content (AvgIpc) is 3.33. The van der Waals surface area contributed by atoms with Crippen molar-refractivity contribution < 1.29 is 30.3 Å². The minimum absolute atomic E-state index is 0.243. The molecule has 0 fully saturated rings. The van der Waals surface area contributed by atoms with E-state index in [4.69, 9.17) is 0 Å². The second-order valence-corrected chi connectivity index (χ2v) is 16.8. The number of Topliss-reactive ketones (excluding diaryl/α,β-unsaturated/α-hetero) is 1. The molecule has 8 nitrogen and oxygen atoms in total. The normalized spacial score (nSPS) is 12.8. The van der Waals surface area contributed by atoms with Gasteiger partial charge in [0.1, 0.15) is 23.0 Å². The number of carbonyl (C=O) groups is 1. The Kier molecular flexibility index (Phi) is 11.9. The lowest BCUT2D eigenvalue weighted by atomic mass is 9.81. The Morgan fingerprint density at radius 3 is 1.37 bits per heavy atom. The van der Waals surface area contributed by atoms with Crippen LogP contribution in [0.15, 0.2) is 187 Å². The number of rotatable bonds is 6. The summed E-state index contributed by atoms with van der Waals surface area (Å²) in [6, 6.07) is 45.9. The number of carbonyl (C=O) groups excluding carboxylic acids is 1. The highest BCUT2D eigenvalue weighted by Crippen LogP contribution is 2.44. The lowest BCUT2D eigenvalue weighted by Gasteiger charge is -2.31. The Bertz CT molecular complexity index is 3430. The van der Waals surface area contributed by atoms with Gasteiger partial charge in [-0.15, -0.1) is 0 Å². The smallest absolute Gasteiger partial charge is 0.211 e. The van der Waals surface area contributed by atoms with Gasteiger partial charge < -0.3 is 30.4 Å². The molecule has 4 N–H and O–H groups in total. The van der Waals surface area contributed by atoms with E-state index in [1.54, 1.807) is 0 Å². The third-order valence-electron chi connectivity index (χ3n) is 11.7. The summed E-state index contributed by atoms with van der Waals surface area (Å²) < 4.78 is 2.15. The molecule has 2 aliphatic carbocycles. The second-order valence-electron chi connectivity index (χ2n) is 16.8. The molecule has 7 aromatic rings. The van der Waals surface area contributed by atoms with E-state index in [1.807, 2.05) is 76.3 Å². The topological polar surface area (TPSA) is 127 Å². The van der Waals surface area contributed by atoms with E-state index >= 15 is 0 Å². The van der Waals surface area contributed by atoms with Crippen molar-refractivity contribution in [2.24, 2.45) is 0 Å². The van der Waals surface area contributed by atoms with E-state index in [0.717, 1.165) is 56.4 Å². The van der Waals surface area contributed by atoms with Crippen molar-refractivity contribution in [3.05, 3.63) is 236 Å². The number of aryl methyl sites for hydroxylation is 4. The van der Waals surface area contributed by atoms with Crippen molar-refractivity contribution >= 4 is 56.8 Å². The first kappa shape index (κ1) is 44.0. The van der Waals surface area contributed by atoms with Gasteiger partial charge in [0, 0.05) is 86.5 Å². The minimum Gasteiger partial charge on any atom is -0.871 e. The van der Waals surface area contributed by atoms with E-state index in [9.17, 15) is 30.3 Å². The van der Waals surface area contributed by atoms with Crippen LogP contribution in [-0.2, 0) is 4.79 Å². The lowest BCUT2D eigenvalue weighted by Crippen LogP contribution is -2.33. The Hall–Kier alpha value is -9.24. The molecule has 0 heterocycles. The maximum Gasteiger partial charge on any atom is 0.211 e. The second kappa shape index (κ2) is 18.3. The Labute approximate surface area is 394 Å². The van der Waals surface area contributed by atoms with E-state index < -0.39 is 45.7 Å². The number of allylic oxidation sites excluding steroid dienone is 7. The predicted octanol–water partition coefficient (Wildman–Crippen LogP) is 9.68. The molecule has 0 amide bonds. The van der Waals surface area contributed by atoms with Gasteiger partial charge in [0.2, 0.25) is 17.1 Å². The van der Waals surface area contributed by atoms with Gasteiger partial charge in [-0.25, -0.2) is 0 Å². The van der Waals surface area contributed by atoms with Crippen LogP contribution in [0.3, 0.4) is 0 Å². The number of ketones is 1. The van der Waals surface area contributed by atoms with Crippen LogP contribution in [0.2, 0.25) is 0 Å². The SMILES string of the molecule is Cc1ccc(N(c2ccc(C)cc2)c2ccc(C#Cc3cc(O)c(C4=C([O-])C(=c5c(O)cc(=C=C=C6C=CC(=[N+](c7ccc(C)cc7)c7ccc(C)cc7)C=C6)cc5O)C4=O)c(O)c3)cc2)cc1. The highest BCUT2D eigenvalue weighted by Gasteiger charge is 2.34. The number of nitrogens with zero attached hydrogens (tertiary/aromatic N) is 2. The van der Waals surface area contributed by atoms with Gasteiger partial charge in [-0.1, -0.05) is 99.8 Å². The number of hydrogen-bond acceptors (Lipinski definition) is 7. The first-order valence-corrected chi connectivity index (χ1v) is 21.9. The highest BCUT2D eigenvalue weighted by atomic mass is 16.3. The zero-order chi connectivity index (χ0) is 47.6. The summed E-state index contributed by atoms with van der Waals surface area (Å²) in [5, 5.41) is 57.5. The Morgan fingerprint density at radius 2 is 0.912 bits per heavy atom. The van der Waals surface area contributed by atoms with Crippen LogP contribution in [-0.4, -0.2) is 31.9 Å². The quantitative estimate of drug-likeness (QED) is 0.0745. The van der Waals surface area contributed by atoms with Crippen LogP contribution in [0, 0.1) is 39.5 Å². The summed E-state index contributed by atoms with van der Waals surface area (Å²) in [6.45, 7) is 8.19. The zero-order valence-electron chi connectivity index (χ0n) is 37.7. The molecule has 68 heavy (non-hydrogen) atoms. The van der Waals surface area contributed by atoms with Gasteiger partial charge in [0.15, 0.2) is 5.78 Å². The van der Waals surface area contributed by atoms with Crippen molar-refractivity contribution in [3.63, 3.8) is 0 Å². The molecule has 0 spiro atoms. The average molecular weight is 889 g/mol. The molecular formula is C60H44N2O6. The number of benzene rings is 7. The number of hydrogen-bond donors (Lipinski definition) is 4. The Morgan fingerprint density at radius 1 is 0.485 bits per heavy atom. The van der Waals surface area contributed by atoms with Crippen molar-refractivity contribution in [2.75, 3.05) is 4.90 Å². The van der Waals surface area contributed by atoms with Crippen LogP contribution >= 0.6 is 0 Å². The standard InChI is InChI=1S/C60H44N2O6/c1-37-5-21-45(22-6-37)61(46-23-7-38(2)8-24-46)49-29-17-41(18-30-49)13-15-43-33-51(63)55(52(64)34-43)57-59(67)58(60(57)68)56-53(65)35-44(36-54(56)66)16-14-42-19-31-50(32-20-42)62(47-25-9-39(3)10-26-47)48-27-11-40(4)12-28-48/h5-12,17-36H,1-4H3,(H4,63,64,65,66,67,68). The van der Waals surface area contributed by atoms with Crippen molar-refractivity contribution in [2.45, 2.75) is 27.7 Å². The lowest BCUT2D eigenvalue weighted by molar-refractivity contribution is -0.293. The summed E-state index contributed by atoms with van der Waals surface area (Å²) in [4.78, 5) is 15.7. The van der Waals surface area contributed by atoms with Gasteiger partial charge in [0.05, 0.1) is 10.8 Å². The number of phenols is 4. The maximum atomic E-state index is 13.5. The fraction of sp³-hybridized carbons (Fsp3) is 0.0667. The molecule has 0 radical (unpaired) electrons. The van der Waals surface area contributed by atoms with Gasteiger partial charge >= 0.3 is 0 Å². The zero-order valence-corrected chi connectivity index (χ0v) is 37.7. The largest absolute Gasteiger partial charge is 0.871 e. The molecule has 2 aliphatic rings. The third kappa shape index (κ3) is 8.91. The van der Waals surface area contributed by atoms with Gasteiger partial charge in [-0.05, 0) is 113 Å². The van der Waals surface area contributed by atoms with Crippen LogP contribution in [0.1, 0.15) is 38.9 Å². The van der Waals surface area contributed by atoms with Crippen LogP contribution in [0.4, 0.5) is 28.4 Å². The van der Waals surface area contributed by atoms with Gasteiger partial charge in [-0.3, -0.25) is 4.79 Å². The van der Waals surface area contributed by atoms with Crippen molar-refractivity contribution in [3.8, 4) is 34.8 Å². The summed E-state index contributed by atoms with van der Waals surface area (Å²) in [5.74, 6) is 2.15. The summed E-state index contributed by atoms with van der Waals surface area (Å²) in [6.07, 6.45) is 7.68. The highest BCUT2D eigenvalue weighted by molar-refractivity contribution is 6.52. The molecular weight excluding hydrogens is 845 g/mol. The van der Waals surface area contributed by atoms with Crippen molar-refractivity contribution in [1.29, 1.82) is 0 Å². The first-order valence-electron chi connectivity index (χ1n) is 21.9. The van der Waals surface area contributed by atoms with Gasteiger partial charge in [-0.2, -0.15) is 4.58 Å². The fourth-order valence-corrected chi connectivity index (χ4v) is 8.07. The Balaban J connectivity index is 0.972. The molecule has 9 rings (SSSR count). The van der Waals surface area contributed by atoms with Crippen LogP contribution in [0.5, 0.6) is 23.0 Å². The molecule has 0 unspecified atom stereocenters. The number of anilines is 3. The fourth-order valence-electron chi connectivity index (χ4n) is 8.07. The molecule has 0 saturated carbocycles. The predicted molar refractivity (Wildman–Crippen MR) is 268 cm³/mol. The molecule has 0 bridgehead atoms. The molecule has 330 valence electrons. The molecule has 7 aromatic carbocycles. The first-order chi connectivity index (χ1) is 32.8. The molecule has 0 atom stereocenters. The molecule has 0 aliphatic heterocycles. The molecule has 8 heteroatoms. The maximum absolute atomic E-state index is 13.5. The van der Waals surface area contributed by atoms with Crippen molar-refractivity contribution in [1.82, 2.24) is 4.58 Å². The van der Waals surface area contributed by atoms with E-state index in [-0.39, 0.29) is 21.6 Å². The van der Waals surface area contributed by atoms with Crippen LogP contribution in [0.25, 0.3) is 16.9 Å². The van der Waals surface area contributed by atoms with Crippen LogP contribution < -0.4 is 25.0 Å². The third-order valence-corrected chi connectivity index (χ3v) is 11.7. The summed E-state index contributed by atoms with van der Waals surface area (Å²) >= 11 is 0. The summed E-state index contributed by atoms with van der Waals surface area (Å²) in [7, 11) is 0. The van der Waals surface area contributed by atoms with E-state index in [2.05, 4.69) is 130 Å². The molecule has 0 saturated heterocycles. The monoisotopic (exact) mass is 888 g/mol. The van der Waals surface area contributed by atoms with Gasteiger partial charge in [0.25, 0.3) is 0 Å². The minimum atomic E-state index is -0.861. The number of aromatic hydroxyl groups is 4. The summed E-state index contributed by atoms with van der Waals surface area (Å²) in [5.41, 5.74) is 16.8. The molecule has 0 aromatic heterocycles.